The van der Waals surface area contributed by atoms with Crippen LogP contribution < -0.4 is 16.0 Å². The van der Waals surface area contributed by atoms with Crippen LogP contribution in [0.25, 0.3) is 0 Å². The maximum absolute atomic E-state index is 11.1. The molecule has 16 heteroatoms. The molecule has 12 nitrogen and oxygen atoms in total. The number of halogens is 1. The lowest BCUT2D eigenvalue weighted by molar-refractivity contribution is 0.0682. The molecule has 9 aromatic carbocycles. The minimum absolute atomic E-state index is 0.114. The molecule has 0 saturated carbocycles. The zero-order chi connectivity index (χ0) is 54.7. The Bertz CT molecular complexity index is 3300. The largest absolute Gasteiger partial charge is 0.505 e. The van der Waals surface area contributed by atoms with Crippen LogP contribution in [0.3, 0.4) is 0 Å². The van der Waals surface area contributed by atoms with E-state index in [2.05, 4.69) is 65.3 Å². The molecule has 0 fully saturated rings. The molecule has 0 aliphatic carbocycles. The number of hydrogen-bond acceptors (Lipinski definition) is 12. The Labute approximate surface area is 463 Å². The number of phenols is 3. The number of carboxylic acids is 3. The van der Waals surface area contributed by atoms with E-state index in [-0.39, 0.29) is 33.9 Å². The summed E-state index contributed by atoms with van der Waals surface area (Å²) in [7, 11) is 0. The standard InChI is InChI=1S/C21H19NO3S.C20H16ClNO3S.C20H17NO3S/c1-14-9-11-16(12-10-14)26-19-8-3-2-5-15(19)13-22-18-7-4-6-17(20(18)23)21(24)25;21-14-8-10-15(11-9-14)26-18-7-2-1-4-13(18)12-22-17-6-3-5-16(19(17)23)20(24)25;22-19-16(20(23)24)10-6-11-17(19)21-13-14-7-4-5-12-18(14)25-15-8-2-1-3-9-15/h2-12,22-23H,13H2,1H3,(H,24,25);1-11,22-23H,12H2,(H,24,25);1-12,21-22H,13H2,(H,23,24). The van der Waals surface area contributed by atoms with Crippen LogP contribution in [0.4, 0.5) is 17.1 Å². The first-order valence-electron chi connectivity index (χ1n) is 23.8. The molecule has 0 radical (unpaired) electrons. The van der Waals surface area contributed by atoms with Gasteiger partial charge in [-0.1, -0.05) is 156 Å². The third-order valence-corrected chi connectivity index (χ3v) is 15.0. The van der Waals surface area contributed by atoms with Crippen molar-refractivity contribution in [1.82, 2.24) is 0 Å². The van der Waals surface area contributed by atoms with E-state index < -0.39 is 17.9 Å². The highest BCUT2D eigenvalue weighted by molar-refractivity contribution is 8.00. The fourth-order valence-corrected chi connectivity index (χ4v) is 10.4. The predicted octanol–water partition coefficient (Wildman–Crippen LogP) is 15.5. The number of rotatable bonds is 18. The number of nitrogens with one attached hydrogen (secondary N) is 3. The third kappa shape index (κ3) is 16.3. The molecule has 77 heavy (non-hydrogen) atoms. The number of aromatic carboxylic acids is 3. The summed E-state index contributed by atoms with van der Waals surface area (Å²) in [5, 5.41) is 67.7. The molecular formula is C61H52ClN3O9S3. The van der Waals surface area contributed by atoms with Gasteiger partial charge in [-0.2, -0.15) is 0 Å². The lowest BCUT2D eigenvalue weighted by atomic mass is 10.1. The van der Waals surface area contributed by atoms with E-state index in [9.17, 15) is 29.7 Å². The van der Waals surface area contributed by atoms with Gasteiger partial charge in [-0.05, 0) is 127 Å². The lowest BCUT2D eigenvalue weighted by Gasteiger charge is -2.13. The Morgan fingerprint density at radius 3 is 1.01 bits per heavy atom. The first-order valence-corrected chi connectivity index (χ1v) is 26.6. The van der Waals surface area contributed by atoms with Crippen LogP contribution in [-0.2, 0) is 19.6 Å². The molecule has 0 atom stereocenters. The quantitative estimate of drug-likeness (QED) is 0.0366. The van der Waals surface area contributed by atoms with Crippen LogP contribution in [0.1, 0.15) is 53.3 Å². The molecule has 0 heterocycles. The molecule has 0 saturated heterocycles. The van der Waals surface area contributed by atoms with Gasteiger partial charge in [0.05, 0.1) is 17.1 Å². The van der Waals surface area contributed by atoms with Crippen molar-refractivity contribution in [3.63, 3.8) is 0 Å². The van der Waals surface area contributed by atoms with Crippen molar-refractivity contribution in [3.05, 3.63) is 250 Å². The van der Waals surface area contributed by atoms with Crippen LogP contribution >= 0.6 is 46.9 Å². The number of anilines is 3. The minimum atomic E-state index is -1.16. The number of para-hydroxylation sites is 3. The Kier molecular flexibility index (Phi) is 20.4. The molecular weight excluding hydrogens is 1050 g/mol. The zero-order valence-corrected chi connectivity index (χ0v) is 44.5. The molecule has 390 valence electrons. The third-order valence-electron chi connectivity index (χ3n) is 11.4. The van der Waals surface area contributed by atoms with E-state index in [4.69, 9.17) is 26.9 Å². The van der Waals surface area contributed by atoms with E-state index >= 15 is 0 Å². The predicted molar refractivity (Wildman–Crippen MR) is 308 cm³/mol. The molecule has 0 aliphatic heterocycles. The van der Waals surface area contributed by atoms with Gasteiger partial charge in [-0.3, -0.25) is 0 Å². The molecule has 0 bridgehead atoms. The summed E-state index contributed by atoms with van der Waals surface area (Å²) >= 11 is 10.9. The van der Waals surface area contributed by atoms with Crippen molar-refractivity contribution >= 4 is 81.9 Å². The van der Waals surface area contributed by atoms with Gasteiger partial charge >= 0.3 is 17.9 Å². The Morgan fingerprint density at radius 1 is 0.377 bits per heavy atom. The summed E-state index contributed by atoms with van der Waals surface area (Å²) in [6.07, 6.45) is 0. The van der Waals surface area contributed by atoms with Gasteiger partial charge < -0.3 is 46.6 Å². The summed E-state index contributed by atoms with van der Waals surface area (Å²) < 4.78 is 0. The highest BCUT2D eigenvalue weighted by Crippen LogP contribution is 2.36. The van der Waals surface area contributed by atoms with Gasteiger partial charge in [0.1, 0.15) is 16.7 Å². The molecule has 0 aliphatic rings. The van der Waals surface area contributed by atoms with Gasteiger partial charge in [0, 0.05) is 54.0 Å². The van der Waals surface area contributed by atoms with Crippen molar-refractivity contribution in [2.24, 2.45) is 0 Å². The van der Waals surface area contributed by atoms with Crippen LogP contribution in [-0.4, -0.2) is 48.5 Å². The topological polar surface area (TPSA) is 209 Å². The van der Waals surface area contributed by atoms with Gasteiger partial charge in [0.2, 0.25) is 0 Å². The second kappa shape index (κ2) is 27.9. The zero-order valence-electron chi connectivity index (χ0n) is 41.3. The maximum atomic E-state index is 11.1. The highest BCUT2D eigenvalue weighted by atomic mass is 35.5. The van der Waals surface area contributed by atoms with E-state index in [1.807, 2.05) is 109 Å². The van der Waals surface area contributed by atoms with E-state index in [1.165, 1.54) is 23.8 Å². The van der Waals surface area contributed by atoms with Crippen molar-refractivity contribution in [1.29, 1.82) is 0 Å². The highest BCUT2D eigenvalue weighted by Gasteiger charge is 2.16. The van der Waals surface area contributed by atoms with Crippen LogP contribution in [0.15, 0.2) is 236 Å². The van der Waals surface area contributed by atoms with Gasteiger partial charge in [-0.25, -0.2) is 14.4 Å². The maximum Gasteiger partial charge on any atom is 0.339 e. The summed E-state index contributed by atoms with van der Waals surface area (Å²) in [6.45, 7) is 3.47. The Morgan fingerprint density at radius 2 is 0.675 bits per heavy atom. The van der Waals surface area contributed by atoms with E-state index in [0.717, 1.165) is 46.1 Å². The van der Waals surface area contributed by atoms with Crippen LogP contribution in [0.2, 0.25) is 5.02 Å². The molecule has 9 rings (SSSR count). The Hall–Kier alpha value is -8.47. The molecule has 0 amide bonds. The van der Waals surface area contributed by atoms with Crippen molar-refractivity contribution < 1.29 is 45.0 Å². The van der Waals surface area contributed by atoms with Crippen molar-refractivity contribution in [3.8, 4) is 17.2 Å². The van der Waals surface area contributed by atoms with Crippen molar-refractivity contribution in [2.75, 3.05) is 16.0 Å². The van der Waals surface area contributed by atoms with Crippen molar-refractivity contribution in [2.45, 2.75) is 55.9 Å². The minimum Gasteiger partial charge on any atom is -0.505 e. The summed E-state index contributed by atoms with van der Waals surface area (Å²) in [4.78, 5) is 40.0. The van der Waals surface area contributed by atoms with Gasteiger partial charge in [0.15, 0.2) is 17.2 Å². The number of aromatic hydroxyl groups is 3. The summed E-state index contributed by atoms with van der Waals surface area (Å²) in [5.74, 6) is -4.22. The smallest absolute Gasteiger partial charge is 0.339 e. The van der Waals surface area contributed by atoms with E-state index in [0.29, 0.717) is 41.7 Å². The summed E-state index contributed by atoms with van der Waals surface area (Å²) in [6, 6.07) is 63.9. The lowest BCUT2D eigenvalue weighted by Crippen LogP contribution is -2.04. The average Bonchev–Trinajstić information content (AvgIpc) is 3.43. The van der Waals surface area contributed by atoms with Gasteiger partial charge in [-0.15, -0.1) is 0 Å². The second-order valence-corrected chi connectivity index (χ2v) is 20.6. The Balaban J connectivity index is 0.000000168. The van der Waals surface area contributed by atoms with Crippen LogP contribution in [0, 0.1) is 6.92 Å². The number of carboxylic acid groups (broad SMARTS) is 3. The summed E-state index contributed by atoms with van der Waals surface area (Å²) in [5.41, 5.74) is 5.23. The second-order valence-electron chi connectivity index (χ2n) is 16.8. The monoisotopic (exact) mass is 1100 g/mol. The SMILES string of the molecule is Cc1ccc(Sc2ccccc2CNc2cccc(C(=O)O)c2O)cc1.O=C(O)c1cccc(NCc2ccccc2Sc2ccc(Cl)cc2)c1O.O=C(O)c1cccc(NCc2ccccc2Sc2ccccc2)c1O. The first kappa shape index (κ1) is 56.3. The molecule has 0 spiro atoms. The number of carbonyl (C=O) groups is 3. The number of hydrogen-bond donors (Lipinski definition) is 9. The van der Waals surface area contributed by atoms with Gasteiger partial charge in [0.25, 0.3) is 0 Å². The number of benzene rings is 9. The van der Waals surface area contributed by atoms with Crippen LogP contribution in [0.5, 0.6) is 17.2 Å². The van der Waals surface area contributed by atoms with E-state index in [1.54, 1.807) is 71.7 Å². The molecule has 0 unspecified atom stereocenters. The molecule has 9 aromatic rings. The fourth-order valence-electron chi connectivity index (χ4n) is 7.37. The fraction of sp³-hybridized carbons (Fsp3) is 0.0656. The first-order chi connectivity index (χ1) is 37.2. The normalized spacial score (nSPS) is 10.5. The molecule has 9 N–H and O–H groups in total. The number of aryl methyl sites for hydroxylation is 1. The average molecular weight is 1100 g/mol. The molecule has 0 aromatic heterocycles.